The first-order chi connectivity index (χ1) is 25.1. The fourth-order valence-corrected chi connectivity index (χ4v) is 9.01. The molecule has 0 N–H and O–H groups in total. The van der Waals surface area contributed by atoms with Crippen molar-refractivity contribution in [1.82, 2.24) is 0 Å². The molecular weight excluding hydrogens is 799 g/mol. The third kappa shape index (κ3) is 9.49. The molecule has 0 unspecified atom stereocenters. The van der Waals surface area contributed by atoms with E-state index >= 15 is 0 Å². The molecule has 56 heavy (non-hydrogen) atoms. The Bertz CT molecular complexity index is 2090. The molecule has 0 spiro atoms. The molecule has 0 saturated heterocycles. The maximum atomic E-state index is 3.85. The summed E-state index contributed by atoms with van der Waals surface area (Å²) in [6.45, 7) is 30.0. The van der Waals surface area contributed by atoms with Gasteiger partial charge in [0.2, 0.25) is 0 Å². The number of hydrogen-bond donors (Lipinski definition) is 0. The van der Waals surface area contributed by atoms with E-state index < -0.39 is 0 Å². The molecule has 3 aliphatic carbocycles. The third-order valence-corrected chi connectivity index (χ3v) is 12.7. The fourth-order valence-electron chi connectivity index (χ4n) is 8.19. The number of allylic oxidation sites excluding steroid dienone is 4. The molecule has 0 radical (unpaired) electrons. The Kier molecular flexibility index (Phi) is 13.7. The molecule has 0 bridgehead atoms. The van der Waals surface area contributed by atoms with Crippen molar-refractivity contribution < 1.29 is 49.0 Å². The van der Waals surface area contributed by atoms with Crippen molar-refractivity contribution >= 4 is 14.4 Å². The van der Waals surface area contributed by atoms with Crippen LogP contribution in [-0.4, -0.2) is 3.21 Å². The van der Waals surface area contributed by atoms with E-state index in [4.69, 9.17) is 0 Å². The molecule has 292 valence electrons. The summed E-state index contributed by atoms with van der Waals surface area (Å²) in [5.74, 6) is 0. The van der Waals surface area contributed by atoms with Crippen molar-refractivity contribution in [2.75, 3.05) is 0 Å². The quantitative estimate of drug-likeness (QED) is 0.155. The molecule has 5 aromatic carbocycles. The van der Waals surface area contributed by atoms with E-state index in [1.165, 1.54) is 99.8 Å². The Hall–Kier alpha value is -2.96. The van der Waals surface area contributed by atoms with Gasteiger partial charge in [-0.15, -0.1) is 11.6 Å². The molecule has 0 heterocycles. The van der Waals surface area contributed by atoms with Crippen LogP contribution in [-0.2, 0) is 46.9 Å². The van der Waals surface area contributed by atoms with Crippen LogP contribution in [0.25, 0.3) is 22.3 Å². The standard InChI is InChI=1S/C31H37.C13H10.C9H13.2ClH.Zr/c1-28(2,3)26-16-30(7,8)24-12-18-11-19-13-25-23(15-21(19)20(18)14-22(24)26)27(29(4,5)6)17-31(25,9)10;1-3-7-12(8-4-1)11-13-9-5-2-6-10-13;1-9(2,3)8-6-4-5-7-8;;;/h12-16H,11H2,1-10H3;1-10H;4-7H,1-3H3;2*1H;/q-1;;-1;;;+2/p-2. The van der Waals surface area contributed by atoms with Crippen molar-refractivity contribution in [1.29, 1.82) is 0 Å². The summed E-state index contributed by atoms with van der Waals surface area (Å²) in [6.07, 6.45) is 7.41. The van der Waals surface area contributed by atoms with Crippen molar-refractivity contribution in [2.45, 2.75) is 113 Å². The molecule has 8 rings (SSSR count). The average molecular weight is 859 g/mol. The normalized spacial score (nSPS) is 15.5. The van der Waals surface area contributed by atoms with Crippen LogP contribution in [0.1, 0.15) is 140 Å². The van der Waals surface area contributed by atoms with Crippen LogP contribution in [0.2, 0.25) is 0 Å². The second-order valence-corrected chi connectivity index (χ2v) is 21.0. The van der Waals surface area contributed by atoms with E-state index in [-0.39, 0.29) is 46.5 Å². The number of benzene rings is 4. The van der Waals surface area contributed by atoms with Crippen molar-refractivity contribution in [3.05, 3.63) is 171 Å². The molecule has 0 nitrogen and oxygen atoms in total. The van der Waals surface area contributed by atoms with Gasteiger partial charge in [0, 0.05) is 5.41 Å². The number of rotatable bonds is 2. The van der Waals surface area contributed by atoms with Gasteiger partial charge in [-0.05, 0) is 62.3 Å². The first kappa shape index (κ1) is 45.7. The Labute approximate surface area is 366 Å². The van der Waals surface area contributed by atoms with Gasteiger partial charge in [0.05, 0.1) is 0 Å². The summed E-state index contributed by atoms with van der Waals surface area (Å²) in [5, 5.41) is 0. The number of fused-ring (bicyclic) bond motifs is 5. The van der Waals surface area contributed by atoms with Gasteiger partial charge in [-0.1, -0.05) is 119 Å². The van der Waals surface area contributed by atoms with Crippen LogP contribution in [0.5, 0.6) is 0 Å². The molecule has 5 aromatic rings. The molecule has 0 amide bonds. The summed E-state index contributed by atoms with van der Waals surface area (Å²) in [7, 11) is 0. The third-order valence-electron chi connectivity index (χ3n) is 11.2. The van der Waals surface area contributed by atoms with E-state index in [1.54, 1.807) is 0 Å². The Morgan fingerprint density at radius 1 is 0.607 bits per heavy atom. The average Bonchev–Trinajstić information content (AvgIpc) is 3.87. The Balaban J connectivity index is 0.000000230. The summed E-state index contributed by atoms with van der Waals surface area (Å²) < 4.78 is 1.42. The predicted octanol–water partition coefficient (Wildman–Crippen LogP) is 8.02. The zero-order chi connectivity index (χ0) is 39.4. The minimum absolute atomic E-state index is 0. The zero-order valence-corrected chi connectivity index (χ0v) is 39.9. The molecule has 0 saturated carbocycles. The Morgan fingerprint density at radius 2 is 1.11 bits per heavy atom. The summed E-state index contributed by atoms with van der Waals surface area (Å²) >= 11 is 1.46. The summed E-state index contributed by atoms with van der Waals surface area (Å²) in [5.41, 5.74) is 19.3. The first-order valence-corrected chi connectivity index (χ1v) is 21.0. The molecule has 0 atom stereocenters. The van der Waals surface area contributed by atoms with Gasteiger partial charge >= 0.3 is 99.2 Å². The summed E-state index contributed by atoms with van der Waals surface area (Å²) in [4.78, 5) is 0. The monoisotopic (exact) mass is 856 g/mol. The van der Waals surface area contributed by atoms with Gasteiger partial charge in [0.25, 0.3) is 0 Å². The van der Waals surface area contributed by atoms with Gasteiger partial charge in [-0.3, -0.25) is 6.08 Å². The van der Waals surface area contributed by atoms with Gasteiger partial charge in [-0.25, -0.2) is 11.6 Å². The number of halogens is 2. The van der Waals surface area contributed by atoms with Crippen molar-refractivity contribution in [3.8, 4) is 11.1 Å². The van der Waals surface area contributed by atoms with E-state index in [1.807, 2.05) is 0 Å². The molecular formula is C53H60Cl2Zr-2. The van der Waals surface area contributed by atoms with Crippen molar-refractivity contribution in [2.24, 2.45) is 10.8 Å². The van der Waals surface area contributed by atoms with E-state index in [0.717, 1.165) is 6.42 Å². The van der Waals surface area contributed by atoms with Crippen LogP contribution in [0.3, 0.4) is 0 Å². The van der Waals surface area contributed by atoms with Gasteiger partial charge in [-0.2, -0.15) is 29.3 Å². The molecule has 0 aromatic heterocycles. The fraction of sp³-hybridized carbons (Fsp3) is 0.358. The van der Waals surface area contributed by atoms with Crippen LogP contribution < -0.4 is 24.8 Å². The molecule has 0 aliphatic heterocycles. The molecule has 3 heteroatoms. The van der Waals surface area contributed by atoms with E-state index in [0.29, 0.717) is 5.41 Å². The van der Waals surface area contributed by atoms with Crippen LogP contribution in [0.15, 0.2) is 115 Å². The number of hydrogen-bond acceptors (Lipinski definition) is 0. The van der Waals surface area contributed by atoms with Gasteiger partial charge in [0.15, 0.2) is 0 Å². The second-order valence-electron chi connectivity index (χ2n) is 19.7. The van der Waals surface area contributed by atoms with Gasteiger partial charge < -0.3 is 24.8 Å². The minimum atomic E-state index is -0.0202. The van der Waals surface area contributed by atoms with E-state index in [2.05, 4.69) is 211 Å². The topological polar surface area (TPSA) is 0 Å². The second kappa shape index (κ2) is 16.7. The molecule has 0 fully saturated rings. The molecule has 3 aliphatic rings. The predicted molar refractivity (Wildman–Crippen MR) is 231 cm³/mol. The Morgan fingerprint density at radius 3 is 1.54 bits per heavy atom. The van der Waals surface area contributed by atoms with E-state index in [9.17, 15) is 0 Å². The maximum absolute atomic E-state index is 3.85. The van der Waals surface area contributed by atoms with Gasteiger partial charge in [0.1, 0.15) is 0 Å². The van der Waals surface area contributed by atoms with Crippen LogP contribution in [0, 0.1) is 16.9 Å². The van der Waals surface area contributed by atoms with Crippen LogP contribution >= 0.6 is 0 Å². The van der Waals surface area contributed by atoms with Crippen LogP contribution in [0.4, 0.5) is 0 Å². The first-order valence-electron chi connectivity index (χ1n) is 19.7. The SMILES string of the molecule is CC(C)(C)C1=[C-]C(C)(C)c2cc3c(cc21)-c1cc2c(cc1C3)C(C)(C)C=C2C(C)(C)C.CC(C)(C)c1cc[cH-]c1.[Cl-].[Cl-].[Zr+2]=[C](c1ccccc1)c1ccccc1. The van der Waals surface area contributed by atoms with Crippen molar-refractivity contribution in [3.63, 3.8) is 0 Å². The zero-order valence-electron chi connectivity index (χ0n) is 35.9. The summed E-state index contributed by atoms with van der Waals surface area (Å²) in [6, 6.07) is 39.6.